The molecule has 1 aromatic rings. The van der Waals surface area contributed by atoms with Crippen molar-refractivity contribution >= 4 is 35.6 Å². The van der Waals surface area contributed by atoms with E-state index in [4.69, 9.17) is 5.73 Å². The number of carbonyl (C=O) groups is 2. The molecule has 106 valence electrons. The van der Waals surface area contributed by atoms with Gasteiger partial charge >= 0.3 is 0 Å². The Hall–Kier alpha value is -1.11. The number of carbonyl (C=O) groups excluding carboxylic acids is 2. The molecule has 19 heavy (non-hydrogen) atoms. The summed E-state index contributed by atoms with van der Waals surface area (Å²) in [4.78, 5) is 28.0. The van der Waals surface area contributed by atoms with Crippen LogP contribution in [0.15, 0.2) is 17.5 Å². The van der Waals surface area contributed by atoms with Crippen LogP contribution in [0.3, 0.4) is 0 Å². The van der Waals surface area contributed by atoms with Gasteiger partial charge in [-0.05, 0) is 18.4 Å². The second-order valence-electron chi connectivity index (χ2n) is 4.38. The molecule has 7 heteroatoms. The van der Waals surface area contributed by atoms with Crippen LogP contribution < -0.4 is 5.73 Å². The molecular formula is C12H18ClN3O2S. The third-order valence-corrected chi connectivity index (χ3v) is 3.86. The standard InChI is InChI=1S/C12H17N3O2S.ClH/c1-9(13)11(16)14-4-6-15(7-5-14)12(17)10-3-2-8-18-10;/h2-3,8-9H,4-7,13H2,1H3;1H. The first-order valence-corrected chi connectivity index (χ1v) is 6.84. The van der Waals surface area contributed by atoms with Gasteiger partial charge in [-0.1, -0.05) is 6.07 Å². The Morgan fingerprint density at radius 3 is 2.32 bits per heavy atom. The van der Waals surface area contributed by atoms with Crippen molar-refractivity contribution in [1.29, 1.82) is 0 Å². The molecular weight excluding hydrogens is 286 g/mol. The highest BCUT2D eigenvalue weighted by Gasteiger charge is 2.26. The number of halogens is 1. The monoisotopic (exact) mass is 303 g/mol. The zero-order valence-corrected chi connectivity index (χ0v) is 12.4. The van der Waals surface area contributed by atoms with E-state index in [2.05, 4.69) is 0 Å². The quantitative estimate of drug-likeness (QED) is 0.879. The van der Waals surface area contributed by atoms with Gasteiger partial charge in [-0.15, -0.1) is 23.7 Å². The maximum atomic E-state index is 12.1. The lowest BCUT2D eigenvalue weighted by molar-refractivity contribution is -0.133. The Bertz CT molecular complexity index is 428. The number of thiophene rings is 1. The summed E-state index contributed by atoms with van der Waals surface area (Å²) in [6, 6.07) is 3.23. The summed E-state index contributed by atoms with van der Waals surface area (Å²) in [6.45, 7) is 3.98. The number of rotatable bonds is 2. The van der Waals surface area contributed by atoms with Crippen molar-refractivity contribution in [2.45, 2.75) is 13.0 Å². The van der Waals surface area contributed by atoms with E-state index in [1.807, 2.05) is 17.5 Å². The second-order valence-corrected chi connectivity index (χ2v) is 5.33. The van der Waals surface area contributed by atoms with Crippen molar-refractivity contribution < 1.29 is 9.59 Å². The van der Waals surface area contributed by atoms with E-state index in [1.54, 1.807) is 16.7 Å². The first kappa shape index (κ1) is 15.9. The molecule has 2 rings (SSSR count). The minimum atomic E-state index is -0.468. The summed E-state index contributed by atoms with van der Waals surface area (Å²) in [6.07, 6.45) is 0. The van der Waals surface area contributed by atoms with Gasteiger partial charge in [-0.2, -0.15) is 0 Å². The fourth-order valence-electron chi connectivity index (χ4n) is 1.97. The highest BCUT2D eigenvalue weighted by atomic mass is 35.5. The molecule has 2 heterocycles. The molecule has 0 bridgehead atoms. The third-order valence-electron chi connectivity index (χ3n) is 3.00. The van der Waals surface area contributed by atoms with E-state index in [0.717, 1.165) is 4.88 Å². The van der Waals surface area contributed by atoms with E-state index in [9.17, 15) is 9.59 Å². The van der Waals surface area contributed by atoms with Crippen molar-refractivity contribution in [3.63, 3.8) is 0 Å². The summed E-state index contributed by atoms with van der Waals surface area (Å²) in [5, 5.41) is 1.89. The SMILES string of the molecule is CC(N)C(=O)N1CCN(C(=O)c2cccs2)CC1.Cl. The smallest absolute Gasteiger partial charge is 0.264 e. The number of hydrogen-bond acceptors (Lipinski definition) is 4. The van der Waals surface area contributed by atoms with Gasteiger partial charge in [0.2, 0.25) is 5.91 Å². The summed E-state index contributed by atoms with van der Waals surface area (Å²) >= 11 is 1.44. The highest BCUT2D eigenvalue weighted by Crippen LogP contribution is 2.14. The van der Waals surface area contributed by atoms with Crippen LogP contribution in [-0.4, -0.2) is 53.8 Å². The van der Waals surface area contributed by atoms with E-state index in [1.165, 1.54) is 11.3 Å². The zero-order chi connectivity index (χ0) is 13.1. The molecule has 2 amide bonds. The number of hydrogen-bond donors (Lipinski definition) is 1. The lowest BCUT2D eigenvalue weighted by Crippen LogP contribution is -2.53. The molecule has 1 aromatic heterocycles. The topological polar surface area (TPSA) is 66.6 Å². The maximum absolute atomic E-state index is 12.1. The first-order chi connectivity index (χ1) is 8.59. The van der Waals surface area contributed by atoms with Gasteiger partial charge in [0, 0.05) is 26.2 Å². The molecule has 1 atom stereocenters. The molecule has 0 aromatic carbocycles. The largest absolute Gasteiger partial charge is 0.338 e. The van der Waals surface area contributed by atoms with Gasteiger partial charge in [-0.3, -0.25) is 9.59 Å². The van der Waals surface area contributed by atoms with Crippen LogP contribution in [-0.2, 0) is 4.79 Å². The normalized spacial score (nSPS) is 16.7. The van der Waals surface area contributed by atoms with E-state index < -0.39 is 6.04 Å². The number of nitrogens with zero attached hydrogens (tertiary/aromatic N) is 2. The molecule has 0 aliphatic carbocycles. The molecule has 2 N–H and O–H groups in total. The molecule has 0 saturated carbocycles. The van der Waals surface area contributed by atoms with Gasteiger partial charge in [0.05, 0.1) is 10.9 Å². The fraction of sp³-hybridized carbons (Fsp3) is 0.500. The summed E-state index contributed by atoms with van der Waals surface area (Å²) < 4.78 is 0. The van der Waals surface area contributed by atoms with E-state index >= 15 is 0 Å². The van der Waals surface area contributed by atoms with Crippen LogP contribution in [0.2, 0.25) is 0 Å². The molecule has 0 radical (unpaired) electrons. The Kier molecular flexibility index (Phi) is 5.78. The summed E-state index contributed by atoms with van der Waals surface area (Å²) in [7, 11) is 0. The molecule has 1 saturated heterocycles. The highest BCUT2D eigenvalue weighted by molar-refractivity contribution is 7.12. The number of piperazine rings is 1. The van der Waals surface area contributed by atoms with E-state index in [-0.39, 0.29) is 24.2 Å². The average molecular weight is 304 g/mol. The number of nitrogens with two attached hydrogens (primary N) is 1. The molecule has 0 spiro atoms. The lowest BCUT2D eigenvalue weighted by atomic mass is 10.2. The van der Waals surface area contributed by atoms with Crippen molar-refractivity contribution in [3.8, 4) is 0 Å². The lowest BCUT2D eigenvalue weighted by Gasteiger charge is -2.35. The molecule has 1 aliphatic heterocycles. The van der Waals surface area contributed by atoms with Crippen LogP contribution in [0.1, 0.15) is 16.6 Å². The molecule has 1 unspecified atom stereocenters. The van der Waals surface area contributed by atoms with E-state index in [0.29, 0.717) is 26.2 Å². The summed E-state index contributed by atoms with van der Waals surface area (Å²) in [5.74, 6) is 0.0103. The van der Waals surface area contributed by atoms with Crippen molar-refractivity contribution in [2.24, 2.45) is 5.73 Å². The van der Waals surface area contributed by atoms with Gasteiger partial charge in [-0.25, -0.2) is 0 Å². The van der Waals surface area contributed by atoms with Crippen molar-refractivity contribution in [3.05, 3.63) is 22.4 Å². The first-order valence-electron chi connectivity index (χ1n) is 5.96. The molecule has 5 nitrogen and oxygen atoms in total. The average Bonchev–Trinajstić information content (AvgIpc) is 2.91. The van der Waals surface area contributed by atoms with Crippen LogP contribution in [0.25, 0.3) is 0 Å². The van der Waals surface area contributed by atoms with Gasteiger partial charge in [0.1, 0.15) is 0 Å². The fourth-order valence-corrected chi connectivity index (χ4v) is 2.66. The van der Waals surface area contributed by atoms with Crippen LogP contribution >= 0.6 is 23.7 Å². The number of amides is 2. The predicted molar refractivity (Wildman–Crippen MR) is 77.7 cm³/mol. The predicted octanol–water partition coefficient (Wildman–Crippen LogP) is 0.802. The van der Waals surface area contributed by atoms with Crippen molar-refractivity contribution in [2.75, 3.05) is 26.2 Å². The van der Waals surface area contributed by atoms with Gasteiger partial charge in [0.25, 0.3) is 5.91 Å². The Morgan fingerprint density at radius 1 is 1.26 bits per heavy atom. The van der Waals surface area contributed by atoms with Crippen LogP contribution in [0.5, 0.6) is 0 Å². The van der Waals surface area contributed by atoms with Crippen LogP contribution in [0, 0.1) is 0 Å². The van der Waals surface area contributed by atoms with Crippen LogP contribution in [0.4, 0.5) is 0 Å². The second kappa shape index (κ2) is 6.88. The molecule has 1 aliphatic rings. The van der Waals surface area contributed by atoms with Crippen molar-refractivity contribution in [1.82, 2.24) is 9.80 Å². The summed E-state index contributed by atoms with van der Waals surface area (Å²) in [5.41, 5.74) is 5.57. The minimum Gasteiger partial charge on any atom is -0.338 e. The third kappa shape index (κ3) is 3.68. The molecule has 1 fully saturated rings. The maximum Gasteiger partial charge on any atom is 0.264 e. The zero-order valence-electron chi connectivity index (χ0n) is 10.7. The Morgan fingerprint density at radius 2 is 1.84 bits per heavy atom. The van der Waals surface area contributed by atoms with Gasteiger partial charge in [0.15, 0.2) is 0 Å². The van der Waals surface area contributed by atoms with Gasteiger partial charge < -0.3 is 15.5 Å². The Balaban J connectivity index is 0.00000180. The Labute approximate surface area is 122 Å². The minimum absolute atomic E-state index is 0.